The number of nitrogens with one attached hydrogen (secondary N) is 1. The van der Waals surface area contributed by atoms with Crippen molar-refractivity contribution in [2.24, 2.45) is 5.92 Å². The van der Waals surface area contributed by atoms with E-state index < -0.39 is 11.3 Å². The zero-order valence-corrected chi connectivity index (χ0v) is 15.8. The number of hydrogen-bond donors (Lipinski definition) is 2. The van der Waals surface area contributed by atoms with Gasteiger partial charge in [0.15, 0.2) is 0 Å². The summed E-state index contributed by atoms with van der Waals surface area (Å²) in [5.41, 5.74) is -1.74. The van der Waals surface area contributed by atoms with E-state index in [2.05, 4.69) is 18.6 Å². The van der Waals surface area contributed by atoms with E-state index in [1.165, 1.54) is 0 Å². The van der Waals surface area contributed by atoms with Crippen LogP contribution in [0.25, 0.3) is 0 Å². The molecule has 1 heterocycles. The second kappa shape index (κ2) is 9.26. The third kappa shape index (κ3) is 7.95. The Hall–Kier alpha value is -0.100. The van der Waals surface area contributed by atoms with Crippen LogP contribution in [0.15, 0.2) is 22.9 Å². The number of hydrogen-bond acceptors (Lipinski definition) is 4. The highest BCUT2D eigenvalue weighted by Gasteiger charge is 2.39. The van der Waals surface area contributed by atoms with Crippen LogP contribution in [0.2, 0.25) is 0 Å². The Morgan fingerprint density at radius 2 is 1.91 bits per heavy atom. The third-order valence-electron chi connectivity index (χ3n) is 4.08. The molecule has 1 aliphatic carbocycles. The maximum atomic E-state index is 14.5. The van der Waals surface area contributed by atoms with E-state index >= 15 is 0 Å². The lowest BCUT2D eigenvalue weighted by Crippen LogP contribution is -2.43. The Morgan fingerprint density at radius 1 is 1.36 bits per heavy atom. The first-order chi connectivity index (χ1) is 10.2. The molecule has 1 aromatic rings. The SMILES string of the molecule is CC(C)SNCC(C)(F)C1CCC(C)(O)CC1.c1ccsc1. The summed E-state index contributed by atoms with van der Waals surface area (Å²) < 4.78 is 17.6. The molecule has 2 rings (SSSR count). The Labute approximate surface area is 143 Å². The molecule has 0 amide bonds. The zero-order valence-electron chi connectivity index (χ0n) is 14.1. The summed E-state index contributed by atoms with van der Waals surface area (Å²) in [6, 6.07) is 4.04. The minimum absolute atomic E-state index is 0.0722. The van der Waals surface area contributed by atoms with Gasteiger partial charge in [0.05, 0.1) is 5.60 Å². The van der Waals surface area contributed by atoms with E-state index in [4.69, 9.17) is 0 Å². The zero-order chi connectivity index (χ0) is 16.6. The van der Waals surface area contributed by atoms with Crippen molar-refractivity contribution in [1.82, 2.24) is 4.72 Å². The second-order valence-corrected chi connectivity index (χ2v) is 9.11. The highest BCUT2D eigenvalue weighted by Crippen LogP contribution is 2.39. The number of aliphatic hydroxyl groups is 1. The van der Waals surface area contributed by atoms with Gasteiger partial charge in [0.25, 0.3) is 0 Å². The largest absolute Gasteiger partial charge is 0.390 e. The summed E-state index contributed by atoms with van der Waals surface area (Å²) in [5, 5.41) is 14.4. The Morgan fingerprint density at radius 3 is 2.32 bits per heavy atom. The molecule has 1 aromatic heterocycles. The van der Waals surface area contributed by atoms with Crippen molar-refractivity contribution in [2.75, 3.05) is 6.54 Å². The van der Waals surface area contributed by atoms with Crippen molar-refractivity contribution >= 4 is 23.3 Å². The van der Waals surface area contributed by atoms with Crippen molar-refractivity contribution < 1.29 is 9.50 Å². The normalized spacial score (nSPS) is 27.9. The molecule has 2 nitrogen and oxygen atoms in total. The van der Waals surface area contributed by atoms with Gasteiger partial charge in [0.2, 0.25) is 0 Å². The molecule has 128 valence electrons. The van der Waals surface area contributed by atoms with Gasteiger partial charge in [-0.05, 0) is 56.2 Å². The lowest BCUT2D eigenvalue weighted by molar-refractivity contribution is -0.0236. The summed E-state index contributed by atoms with van der Waals surface area (Å²) >= 11 is 3.30. The number of rotatable bonds is 5. The van der Waals surface area contributed by atoms with Crippen molar-refractivity contribution in [2.45, 2.75) is 69.9 Å². The quantitative estimate of drug-likeness (QED) is 0.731. The van der Waals surface area contributed by atoms with Gasteiger partial charge in [-0.15, -0.1) is 0 Å². The minimum atomic E-state index is -1.17. The van der Waals surface area contributed by atoms with Crippen LogP contribution in [0, 0.1) is 5.92 Å². The third-order valence-corrected chi connectivity index (χ3v) is 5.49. The fourth-order valence-corrected chi connectivity index (χ4v) is 3.71. The van der Waals surface area contributed by atoms with Crippen molar-refractivity contribution in [3.05, 3.63) is 22.9 Å². The molecule has 0 aliphatic heterocycles. The highest BCUT2D eigenvalue weighted by molar-refractivity contribution is 7.97. The minimum Gasteiger partial charge on any atom is -0.390 e. The topological polar surface area (TPSA) is 32.3 Å². The molecule has 0 spiro atoms. The van der Waals surface area contributed by atoms with Crippen molar-refractivity contribution in [1.29, 1.82) is 0 Å². The molecule has 1 aliphatic rings. The van der Waals surface area contributed by atoms with Crippen LogP contribution < -0.4 is 4.72 Å². The smallest absolute Gasteiger partial charge is 0.124 e. The Balaban J connectivity index is 0.000000406. The van der Waals surface area contributed by atoms with Crippen LogP contribution >= 0.6 is 23.3 Å². The maximum absolute atomic E-state index is 14.5. The van der Waals surface area contributed by atoms with Gasteiger partial charge in [0, 0.05) is 11.8 Å². The molecule has 1 atom stereocenters. The van der Waals surface area contributed by atoms with Gasteiger partial charge in [-0.2, -0.15) is 11.3 Å². The predicted octanol–water partition coefficient (Wildman–Crippen LogP) is 5.05. The average molecular weight is 348 g/mol. The first-order valence-electron chi connectivity index (χ1n) is 8.00. The molecule has 5 heteroatoms. The molecule has 0 radical (unpaired) electrons. The van der Waals surface area contributed by atoms with Gasteiger partial charge in [0.1, 0.15) is 5.67 Å². The highest BCUT2D eigenvalue weighted by atomic mass is 32.2. The van der Waals surface area contributed by atoms with Crippen LogP contribution in [0.4, 0.5) is 4.39 Å². The first-order valence-corrected chi connectivity index (χ1v) is 9.82. The molecular formula is C17H30FNOS2. The van der Waals surface area contributed by atoms with Crippen LogP contribution in [-0.4, -0.2) is 28.2 Å². The fourth-order valence-electron chi connectivity index (χ4n) is 2.56. The van der Waals surface area contributed by atoms with Gasteiger partial charge >= 0.3 is 0 Å². The van der Waals surface area contributed by atoms with E-state index in [0.717, 1.165) is 12.8 Å². The molecule has 22 heavy (non-hydrogen) atoms. The number of alkyl halides is 1. The average Bonchev–Trinajstić information content (AvgIpc) is 2.96. The van der Waals surface area contributed by atoms with Gasteiger partial charge in [-0.25, -0.2) is 4.39 Å². The van der Waals surface area contributed by atoms with Crippen molar-refractivity contribution in [3.8, 4) is 0 Å². The molecule has 2 N–H and O–H groups in total. The van der Waals surface area contributed by atoms with Crippen LogP contribution in [-0.2, 0) is 0 Å². The number of thiophene rings is 1. The molecule has 0 saturated heterocycles. The van der Waals surface area contributed by atoms with Crippen LogP contribution in [0.5, 0.6) is 0 Å². The molecule has 1 fully saturated rings. The predicted molar refractivity (Wildman–Crippen MR) is 97.1 cm³/mol. The van der Waals surface area contributed by atoms with Gasteiger partial charge < -0.3 is 5.11 Å². The molecular weight excluding hydrogens is 317 g/mol. The lowest BCUT2D eigenvalue weighted by atomic mass is 9.73. The summed E-state index contributed by atoms with van der Waals surface area (Å²) in [6.45, 7) is 8.11. The fraction of sp³-hybridized carbons (Fsp3) is 0.765. The van der Waals surface area contributed by atoms with E-state index in [0.29, 0.717) is 24.6 Å². The number of halogens is 1. The molecule has 1 unspecified atom stereocenters. The first kappa shape index (κ1) is 19.9. The second-order valence-electron chi connectivity index (χ2n) is 6.83. The van der Waals surface area contributed by atoms with E-state index in [-0.39, 0.29) is 5.92 Å². The summed E-state index contributed by atoms with van der Waals surface area (Å²) in [6.07, 6.45) is 3.01. The summed E-state index contributed by atoms with van der Waals surface area (Å²) in [4.78, 5) is 0. The van der Waals surface area contributed by atoms with E-state index in [1.807, 2.05) is 29.8 Å². The molecule has 0 bridgehead atoms. The monoisotopic (exact) mass is 347 g/mol. The van der Waals surface area contributed by atoms with Gasteiger partial charge in [-0.1, -0.05) is 37.9 Å². The molecule has 0 aromatic carbocycles. The van der Waals surface area contributed by atoms with Crippen molar-refractivity contribution in [3.63, 3.8) is 0 Å². The Kier molecular flexibility index (Phi) is 8.39. The standard InChI is InChI=1S/C13H26FNOS.C4H4S/c1-10(2)17-15-9-13(4,14)11-5-7-12(3,16)8-6-11;1-2-4-5-3-1/h10-11,15-16H,5-9H2,1-4H3;1-4H. The summed E-state index contributed by atoms with van der Waals surface area (Å²) in [7, 11) is 0. The lowest BCUT2D eigenvalue weighted by Gasteiger charge is -2.39. The maximum Gasteiger partial charge on any atom is 0.124 e. The van der Waals surface area contributed by atoms with Gasteiger partial charge in [-0.3, -0.25) is 4.72 Å². The van der Waals surface area contributed by atoms with Crippen LogP contribution in [0.1, 0.15) is 53.4 Å². The van der Waals surface area contributed by atoms with E-state index in [1.54, 1.807) is 30.2 Å². The molecule has 1 saturated carbocycles. The summed E-state index contributed by atoms with van der Waals surface area (Å²) in [5.74, 6) is 0.0722. The van der Waals surface area contributed by atoms with Crippen LogP contribution in [0.3, 0.4) is 0 Å². The van der Waals surface area contributed by atoms with E-state index in [9.17, 15) is 9.50 Å². The Bertz CT molecular complexity index is 366.